The largest absolute Gasteiger partial charge is 0.490 e. The normalized spacial score (nSPS) is 11.0. The van der Waals surface area contributed by atoms with Crippen molar-refractivity contribution in [2.75, 3.05) is 33.8 Å². The maximum Gasteiger partial charge on any atom is 0.163 e. The highest BCUT2D eigenvalue weighted by Crippen LogP contribution is 2.34. The maximum atomic E-state index is 6.47. The quantitative estimate of drug-likeness (QED) is 0.527. The second kappa shape index (κ2) is 11.4. The number of benzene rings is 2. The number of hydrogen-bond donors (Lipinski definition) is 1. The second-order valence-electron chi connectivity index (χ2n) is 6.57. The maximum absolute atomic E-state index is 6.47. The molecule has 0 saturated heterocycles. The highest BCUT2D eigenvalue weighted by molar-refractivity contribution is 6.31. The van der Waals surface area contributed by atoms with Gasteiger partial charge in [-0.3, -0.25) is 0 Å². The van der Waals surface area contributed by atoms with Crippen molar-refractivity contribution in [3.63, 3.8) is 0 Å². The van der Waals surface area contributed by atoms with E-state index in [0.717, 1.165) is 30.6 Å². The summed E-state index contributed by atoms with van der Waals surface area (Å²) >= 11 is 12.4. The Kier molecular flexibility index (Phi) is 9.22. The number of halogens is 2. The van der Waals surface area contributed by atoms with E-state index in [0.29, 0.717) is 41.3 Å². The van der Waals surface area contributed by atoms with E-state index in [2.05, 4.69) is 24.3 Å². The fourth-order valence-corrected chi connectivity index (χ4v) is 2.93. The molecule has 0 bridgehead atoms. The van der Waals surface area contributed by atoms with E-state index in [1.807, 2.05) is 43.3 Å². The van der Waals surface area contributed by atoms with Gasteiger partial charge in [0.1, 0.15) is 6.61 Å². The summed E-state index contributed by atoms with van der Waals surface area (Å²) in [6.45, 7) is 5.64. The van der Waals surface area contributed by atoms with Crippen molar-refractivity contribution in [2.24, 2.45) is 0 Å². The molecule has 2 aromatic rings. The first-order chi connectivity index (χ1) is 13.0. The summed E-state index contributed by atoms with van der Waals surface area (Å²) in [6.07, 6.45) is 1.09. The zero-order chi connectivity index (χ0) is 19.6. The summed E-state index contributed by atoms with van der Waals surface area (Å²) in [5, 5.41) is 4.81. The number of nitrogens with one attached hydrogen (secondary N) is 1. The lowest BCUT2D eigenvalue weighted by atomic mass is 10.2. The molecule has 0 aliphatic carbocycles. The number of ether oxygens (including phenoxy) is 2. The molecule has 0 unspecified atom stereocenters. The summed E-state index contributed by atoms with van der Waals surface area (Å²) < 4.78 is 11.7. The van der Waals surface area contributed by atoms with Crippen molar-refractivity contribution in [1.82, 2.24) is 10.2 Å². The van der Waals surface area contributed by atoms with Crippen molar-refractivity contribution in [3.05, 3.63) is 57.6 Å². The molecule has 2 rings (SSSR count). The van der Waals surface area contributed by atoms with Crippen molar-refractivity contribution in [1.29, 1.82) is 0 Å². The van der Waals surface area contributed by atoms with Crippen LogP contribution in [0, 0.1) is 0 Å². The standard InChI is InChI=1S/C21H28Cl2N2O2/c1-4-26-20-12-17(14-24-10-5-11-25(2)3)19(23)13-21(20)27-15-16-6-8-18(22)9-7-16/h6-9,12-13,24H,4-5,10-11,14-15H2,1-3H3. The summed E-state index contributed by atoms with van der Waals surface area (Å²) in [6, 6.07) is 11.4. The van der Waals surface area contributed by atoms with Crippen molar-refractivity contribution < 1.29 is 9.47 Å². The second-order valence-corrected chi connectivity index (χ2v) is 7.42. The van der Waals surface area contributed by atoms with Gasteiger partial charge in [-0.1, -0.05) is 35.3 Å². The predicted molar refractivity (Wildman–Crippen MR) is 113 cm³/mol. The molecule has 0 radical (unpaired) electrons. The van der Waals surface area contributed by atoms with Crippen LogP contribution >= 0.6 is 23.2 Å². The molecule has 0 heterocycles. The van der Waals surface area contributed by atoms with Crippen molar-refractivity contribution >= 4 is 23.2 Å². The highest BCUT2D eigenvalue weighted by Gasteiger charge is 2.11. The predicted octanol–water partition coefficient (Wildman–Crippen LogP) is 5.01. The van der Waals surface area contributed by atoms with E-state index in [4.69, 9.17) is 32.7 Å². The van der Waals surface area contributed by atoms with Crippen LogP contribution in [0.5, 0.6) is 11.5 Å². The van der Waals surface area contributed by atoms with E-state index in [1.165, 1.54) is 0 Å². The van der Waals surface area contributed by atoms with Gasteiger partial charge in [0, 0.05) is 22.7 Å². The zero-order valence-electron chi connectivity index (χ0n) is 16.2. The zero-order valence-corrected chi connectivity index (χ0v) is 17.7. The van der Waals surface area contributed by atoms with Crippen LogP contribution in [-0.2, 0) is 13.2 Å². The molecule has 6 heteroatoms. The van der Waals surface area contributed by atoms with Gasteiger partial charge in [-0.05, 0) is 69.9 Å². The third-order valence-electron chi connectivity index (χ3n) is 3.99. The molecular weight excluding hydrogens is 383 g/mol. The molecule has 0 atom stereocenters. The van der Waals surface area contributed by atoms with Crippen LogP contribution in [0.4, 0.5) is 0 Å². The van der Waals surface area contributed by atoms with E-state index in [9.17, 15) is 0 Å². The topological polar surface area (TPSA) is 33.7 Å². The minimum absolute atomic E-state index is 0.426. The van der Waals surface area contributed by atoms with Crippen molar-refractivity contribution in [3.8, 4) is 11.5 Å². The Balaban J connectivity index is 2.00. The van der Waals surface area contributed by atoms with Crippen LogP contribution < -0.4 is 14.8 Å². The minimum Gasteiger partial charge on any atom is -0.490 e. The molecule has 0 fully saturated rings. The van der Waals surface area contributed by atoms with Crippen LogP contribution in [0.25, 0.3) is 0 Å². The number of nitrogens with zero attached hydrogens (tertiary/aromatic N) is 1. The highest BCUT2D eigenvalue weighted by atomic mass is 35.5. The summed E-state index contributed by atoms with van der Waals surface area (Å²) in [4.78, 5) is 2.18. The van der Waals surface area contributed by atoms with Gasteiger partial charge < -0.3 is 19.7 Å². The lowest BCUT2D eigenvalue weighted by molar-refractivity contribution is 0.269. The molecule has 27 heavy (non-hydrogen) atoms. The van der Waals surface area contributed by atoms with E-state index >= 15 is 0 Å². The Bertz CT molecular complexity index is 706. The Morgan fingerprint density at radius 2 is 1.70 bits per heavy atom. The Morgan fingerprint density at radius 1 is 1.00 bits per heavy atom. The van der Waals surface area contributed by atoms with Crippen molar-refractivity contribution in [2.45, 2.75) is 26.5 Å². The lowest BCUT2D eigenvalue weighted by Crippen LogP contribution is -2.21. The monoisotopic (exact) mass is 410 g/mol. The van der Waals surface area contributed by atoms with Crippen LogP contribution in [0.2, 0.25) is 10.0 Å². The lowest BCUT2D eigenvalue weighted by Gasteiger charge is -2.16. The summed E-state index contributed by atoms with van der Waals surface area (Å²) in [5.41, 5.74) is 2.04. The van der Waals surface area contributed by atoms with Gasteiger partial charge in [0.05, 0.1) is 6.61 Å². The summed E-state index contributed by atoms with van der Waals surface area (Å²) in [5.74, 6) is 1.36. The first-order valence-electron chi connectivity index (χ1n) is 9.17. The molecule has 0 amide bonds. The Morgan fingerprint density at radius 3 is 2.37 bits per heavy atom. The van der Waals surface area contributed by atoms with Gasteiger partial charge in [0.25, 0.3) is 0 Å². The SMILES string of the molecule is CCOc1cc(CNCCCN(C)C)c(Cl)cc1OCc1ccc(Cl)cc1. The minimum atomic E-state index is 0.426. The molecule has 4 nitrogen and oxygen atoms in total. The molecule has 0 spiro atoms. The van der Waals surface area contributed by atoms with Gasteiger partial charge in [-0.25, -0.2) is 0 Å². The average Bonchev–Trinajstić information content (AvgIpc) is 2.63. The third kappa shape index (κ3) is 7.59. The first-order valence-corrected chi connectivity index (χ1v) is 9.93. The van der Waals surface area contributed by atoms with Gasteiger partial charge >= 0.3 is 0 Å². The van der Waals surface area contributed by atoms with E-state index in [1.54, 1.807) is 0 Å². The van der Waals surface area contributed by atoms with Crippen LogP contribution in [0.15, 0.2) is 36.4 Å². The molecule has 0 aliphatic heterocycles. The number of rotatable bonds is 11. The molecule has 148 valence electrons. The Labute approximate surface area is 172 Å². The fraction of sp³-hybridized carbons (Fsp3) is 0.429. The molecule has 1 N–H and O–H groups in total. The van der Waals surface area contributed by atoms with Gasteiger partial charge in [-0.2, -0.15) is 0 Å². The molecular formula is C21H28Cl2N2O2. The van der Waals surface area contributed by atoms with Crippen LogP contribution in [-0.4, -0.2) is 38.7 Å². The van der Waals surface area contributed by atoms with Gasteiger partial charge in [0.2, 0.25) is 0 Å². The van der Waals surface area contributed by atoms with E-state index in [-0.39, 0.29) is 0 Å². The summed E-state index contributed by atoms with van der Waals surface area (Å²) in [7, 11) is 4.15. The average molecular weight is 411 g/mol. The van der Waals surface area contributed by atoms with Gasteiger partial charge in [-0.15, -0.1) is 0 Å². The Hall–Kier alpha value is -1.46. The number of hydrogen-bond acceptors (Lipinski definition) is 4. The molecule has 0 saturated carbocycles. The van der Waals surface area contributed by atoms with E-state index < -0.39 is 0 Å². The third-order valence-corrected chi connectivity index (χ3v) is 4.60. The van der Waals surface area contributed by atoms with Gasteiger partial charge in [0.15, 0.2) is 11.5 Å². The molecule has 0 aliphatic rings. The molecule has 0 aromatic heterocycles. The molecule has 2 aromatic carbocycles. The fourth-order valence-electron chi connectivity index (χ4n) is 2.58. The smallest absolute Gasteiger partial charge is 0.163 e. The first kappa shape index (κ1) is 21.8. The van der Waals surface area contributed by atoms with Crippen LogP contribution in [0.1, 0.15) is 24.5 Å². The van der Waals surface area contributed by atoms with Crippen LogP contribution in [0.3, 0.4) is 0 Å².